The highest BCUT2D eigenvalue weighted by Crippen LogP contribution is 2.19. The van der Waals surface area contributed by atoms with E-state index in [2.05, 4.69) is 4.98 Å². The lowest BCUT2D eigenvalue weighted by Crippen LogP contribution is -2.33. The summed E-state index contributed by atoms with van der Waals surface area (Å²) >= 11 is 0. The van der Waals surface area contributed by atoms with Gasteiger partial charge in [-0.2, -0.15) is 0 Å². The minimum Gasteiger partial charge on any atom is -0.340 e. The number of carbonyl (C=O) groups is 1. The number of rotatable bonds is 5. The lowest BCUT2D eigenvalue weighted by atomic mass is 10.0. The molecule has 0 saturated carbocycles. The number of hydrogen-bond donors (Lipinski definition) is 1. The first-order chi connectivity index (χ1) is 10.5. The quantitative estimate of drug-likeness (QED) is 0.914. The smallest absolute Gasteiger partial charge is 0.253 e. The summed E-state index contributed by atoms with van der Waals surface area (Å²) in [7, 11) is 5.77. The van der Waals surface area contributed by atoms with Crippen molar-refractivity contribution in [2.45, 2.75) is 0 Å². The molecule has 0 bridgehead atoms. The second-order valence-electron chi connectivity index (χ2n) is 5.55. The average molecular weight is 299 g/mol. The topological polar surface area (TPSA) is 56.4 Å². The van der Waals surface area contributed by atoms with Gasteiger partial charge in [-0.05, 0) is 43.4 Å². The minimum atomic E-state index is -0.139. The van der Waals surface area contributed by atoms with Crippen LogP contribution in [0.2, 0.25) is 0 Å². The Hall–Kier alpha value is -2.40. The Balaban J connectivity index is 2.19. The van der Waals surface area contributed by atoms with Crippen molar-refractivity contribution in [3.8, 4) is 11.1 Å². The van der Waals surface area contributed by atoms with Gasteiger partial charge in [0, 0.05) is 38.0 Å². The summed E-state index contributed by atoms with van der Waals surface area (Å²) in [6.07, 6.45) is 1.65. The van der Waals surface area contributed by atoms with E-state index in [4.69, 9.17) is 0 Å². The van der Waals surface area contributed by atoms with Gasteiger partial charge < -0.3 is 14.8 Å². The minimum absolute atomic E-state index is 0.00637. The number of nitrogens with zero attached hydrogens (tertiary/aromatic N) is 2. The highest BCUT2D eigenvalue weighted by Gasteiger charge is 2.12. The molecule has 0 unspecified atom stereocenters. The molecule has 2 rings (SSSR count). The first-order valence-corrected chi connectivity index (χ1v) is 7.17. The Kier molecular flexibility index (Phi) is 5.12. The zero-order valence-corrected chi connectivity index (χ0v) is 13.2. The van der Waals surface area contributed by atoms with Crippen molar-refractivity contribution in [3.05, 3.63) is 58.5 Å². The molecule has 1 aromatic carbocycles. The Morgan fingerprint density at radius 1 is 1.05 bits per heavy atom. The van der Waals surface area contributed by atoms with Crippen LogP contribution in [0.5, 0.6) is 0 Å². The lowest BCUT2D eigenvalue weighted by Gasteiger charge is -2.20. The molecule has 0 fully saturated rings. The van der Waals surface area contributed by atoms with Gasteiger partial charge in [0.1, 0.15) is 0 Å². The Labute approximate surface area is 130 Å². The second kappa shape index (κ2) is 7.04. The molecule has 2 aromatic rings. The van der Waals surface area contributed by atoms with Gasteiger partial charge in [-0.3, -0.25) is 9.59 Å². The maximum absolute atomic E-state index is 12.4. The van der Waals surface area contributed by atoms with Crippen molar-refractivity contribution in [1.82, 2.24) is 14.8 Å². The molecule has 22 heavy (non-hydrogen) atoms. The van der Waals surface area contributed by atoms with Crippen molar-refractivity contribution < 1.29 is 4.79 Å². The summed E-state index contributed by atoms with van der Waals surface area (Å²) in [5, 5.41) is 0. The van der Waals surface area contributed by atoms with Crippen LogP contribution in [0.15, 0.2) is 47.4 Å². The van der Waals surface area contributed by atoms with Crippen LogP contribution < -0.4 is 5.56 Å². The molecule has 1 aromatic heterocycles. The van der Waals surface area contributed by atoms with Gasteiger partial charge >= 0.3 is 0 Å². The van der Waals surface area contributed by atoms with E-state index in [1.54, 1.807) is 24.2 Å². The largest absolute Gasteiger partial charge is 0.340 e. The van der Waals surface area contributed by atoms with Crippen LogP contribution in [0.1, 0.15) is 10.4 Å². The fourth-order valence-corrected chi connectivity index (χ4v) is 2.09. The summed E-state index contributed by atoms with van der Waals surface area (Å²) in [6, 6.07) is 10.7. The molecule has 0 radical (unpaired) electrons. The van der Waals surface area contributed by atoms with Crippen LogP contribution in [0.4, 0.5) is 0 Å². The zero-order chi connectivity index (χ0) is 16.1. The maximum Gasteiger partial charge on any atom is 0.253 e. The van der Waals surface area contributed by atoms with Gasteiger partial charge in [-0.25, -0.2) is 0 Å². The summed E-state index contributed by atoms with van der Waals surface area (Å²) in [4.78, 5) is 30.0. The van der Waals surface area contributed by atoms with Crippen molar-refractivity contribution in [2.24, 2.45) is 0 Å². The van der Waals surface area contributed by atoms with Crippen molar-refractivity contribution in [1.29, 1.82) is 0 Å². The van der Waals surface area contributed by atoms with Crippen LogP contribution in [-0.2, 0) is 0 Å². The molecule has 0 aliphatic rings. The summed E-state index contributed by atoms with van der Waals surface area (Å²) < 4.78 is 0. The van der Waals surface area contributed by atoms with E-state index in [1.807, 2.05) is 43.3 Å². The van der Waals surface area contributed by atoms with Crippen molar-refractivity contribution >= 4 is 5.91 Å². The molecule has 0 aliphatic carbocycles. The molecule has 0 saturated heterocycles. The van der Waals surface area contributed by atoms with E-state index in [9.17, 15) is 9.59 Å². The number of nitrogens with one attached hydrogen (secondary N) is 1. The number of hydrogen-bond acceptors (Lipinski definition) is 3. The number of H-pyrrole nitrogens is 1. The third kappa shape index (κ3) is 4.05. The third-order valence-electron chi connectivity index (χ3n) is 3.46. The van der Waals surface area contributed by atoms with E-state index in [0.717, 1.165) is 17.7 Å². The fraction of sp³-hybridized carbons (Fsp3) is 0.294. The average Bonchev–Trinajstić information content (AvgIpc) is 2.52. The Morgan fingerprint density at radius 3 is 2.45 bits per heavy atom. The Morgan fingerprint density at radius 2 is 1.82 bits per heavy atom. The first-order valence-electron chi connectivity index (χ1n) is 7.17. The van der Waals surface area contributed by atoms with E-state index < -0.39 is 0 Å². The fourth-order valence-electron chi connectivity index (χ4n) is 2.09. The standard InChI is InChI=1S/C17H21N3O2/c1-19(2)9-10-20(3)17(22)14-6-4-5-13(11-14)15-7-8-16(21)18-12-15/h4-8,11-12H,9-10H2,1-3H3,(H,18,21). The molecule has 0 aliphatic heterocycles. The lowest BCUT2D eigenvalue weighted by molar-refractivity contribution is 0.0786. The van der Waals surface area contributed by atoms with Crippen LogP contribution in [0.25, 0.3) is 11.1 Å². The normalized spacial score (nSPS) is 10.7. The predicted octanol–water partition coefficient (Wildman–Crippen LogP) is 1.68. The molecule has 1 amide bonds. The van der Waals surface area contributed by atoms with Crippen molar-refractivity contribution in [2.75, 3.05) is 34.2 Å². The number of amides is 1. The number of aromatic nitrogens is 1. The Bertz CT molecular complexity index is 687. The van der Waals surface area contributed by atoms with Gasteiger partial charge in [0.05, 0.1) is 0 Å². The number of aromatic amines is 1. The molecule has 0 spiro atoms. The third-order valence-corrected chi connectivity index (χ3v) is 3.46. The summed E-state index contributed by atoms with van der Waals surface area (Å²) in [6.45, 7) is 1.50. The van der Waals surface area contributed by atoms with E-state index >= 15 is 0 Å². The van der Waals surface area contributed by atoms with Crippen LogP contribution in [0, 0.1) is 0 Å². The van der Waals surface area contributed by atoms with Crippen molar-refractivity contribution in [3.63, 3.8) is 0 Å². The van der Waals surface area contributed by atoms with Crippen LogP contribution >= 0.6 is 0 Å². The second-order valence-corrected chi connectivity index (χ2v) is 5.55. The number of likely N-dealkylation sites (N-methyl/N-ethyl adjacent to an activating group) is 2. The van der Waals surface area contributed by atoms with Gasteiger partial charge in [0.2, 0.25) is 5.56 Å². The van der Waals surface area contributed by atoms with E-state index in [-0.39, 0.29) is 11.5 Å². The molecular formula is C17H21N3O2. The molecular weight excluding hydrogens is 278 g/mol. The first kappa shape index (κ1) is 16.0. The molecule has 5 nitrogen and oxygen atoms in total. The van der Waals surface area contributed by atoms with E-state index in [0.29, 0.717) is 12.1 Å². The number of benzene rings is 1. The van der Waals surface area contributed by atoms with Gasteiger partial charge in [0.15, 0.2) is 0 Å². The number of pyridine rings is 1. The predicted molar refractivity (Wildman–Crippen MR) is 88.0 cm³/mol. The van der Waals surface area contributed by atoms with Gasteiger partial charge in [-0.15, -0.1) is 0 Å². The molecule has 116 valence electrons. The van der Waals surface area contributed by atoms with Crippen LogP contribution in [-0.4, -0.2) is 54.9 Å². The van der Waals surface area contributed by atoms with Gasteiger partial charge in [0.25, 0.3) is 5.91 Å². The highest BCUT2D eigenvalue weighted by atomic mass is 16.2. The molecule has 1 N–H and O–H groups in total. The molecule has 1 heterocycles. The van der Waals surface area contributed by atoms with Crippen LogP contribution in [0.3, 0.4) is 0 Å². The number of carbonyl (C=O) groups excluding carboxylic acids is 1. The summed E-state index contributed by atoms with van der Waals surface area (Å²) in [5.74, 6) is -0.00637. The molecule has 5 heteroatoms. The highest BCUT2D eigenvalue weighted by molar-refractivity contribution is 5.95. The van der Waals surface area contributed by atoms with Gasteiger partial charge in [-0.1, -0.05) is 12.1 Å². The summed E-state index contributed by atoms with van der Waals surface area (Å²) in [5.41, 5.74) is 2.29. The van der Waals surface area contributed by atoms with E-state index in [1.165, 1.54) is 6.07 Å². The molecule has 0 atom stereocenters. The maximum atomic E-state index is 12.4. The monoisotopic (exact) mass is 299 g/mol. The zero-order valence-electron chi connectivity index (χ0n) is 13.2. The SMILES string of the molecule is CN(C)CCN(C)C(=O)c1cccc(-c2ccc(=O)[nH]c2)c1.